The maximum Gasteiger partial charge on any atom is 0.328 e. The minimum Gasteiger partial charge on any atom is -0.416 e. The Hall–Kier alpha value is -1.44. The molecule has 0 bridgehead atoms. The highest BCUT2D eigenvalue weighted by atomic mass is 28.4. The quantitative estimate of drug-likeness (QED) is 0.550. The lowest BCUT2D eigenvalue weighted by Crippen LogP contribution is -2.46. The molecule has 1 aromatic heterocycles. The van der Waals surface area contributed by atoms with Crippen LogP contribution in [0, 0.1) is 18.8 Å². The fourth-order valence-electron chi connectivity index (χ4n) is 3.47. The molecule has 1 aliphatic rings. The Morgan fingerprint density at radius 3 is 2.56 bits per heavy atom. The number of hydrogen-bond donors (Lipinski definition) is 2. The van der Waals surface area contributed by atoms with E-state index in [0.29, 0.717) is 24.5 Å². The molecule has 27 heavy (non-hydrogen) atoms. The van der Waals surface area contributed by atoms with Crippen molar-refractivity contribution in [3.63, 3.8) is 0 Å². The molecule has 0 fully saturated rings. The number of aromatic amines is 1. The van der Waals surface area contributed by atoms with Gasteiger partial charge in [-0.05, 0) is 43.0 Å². The number of hydrogen-bond acceptors (Lipinski definition) is 4. The average molecular weight is 395 g/mol. The van der Waals surface area contributed by atoms with Crippen molar-refractivity contribution in [3.8, 4) is 0 Å². The number of allylic oxidation sites excluding steroid dienone is 1. The van der Waals surface area contributed by atoms with Crippen LogP contribution in [0.1, 0.15) is 45.7 Å². The lowest BCUT2D eigenvalue weighted by Gasteiger charge is -2.43. The van der Waals surface area contributed by atoms with Crippen molar-refractivity contribution >= 4 is 8.32 Å². The molecule has 0 aliphatic heterocycles. The van der Waals surface area contributed by atoms with E-state index in [1.165, 1.54) is 0 Å². The Bertz CT molecular complexity index is 820. The molecule has 0 radical (unpaired) electrons. The molecule has 1 aliphatic carbocycles. The lowest BCUT2D eigenvalue weighted by molar-refractivity contribution is 0.214. The number of H-pyrrole nitrogens is 1. The predicted octanol–water partition coefficient (Wildman–Crippen LogP) is 2.98. The minimum atomic E-state index is -1.96. The van der Waals surface area contributed by atoms with Crippen LogP contribution in [-0.2, 0) is 4.43 Å². The van der Waals surface area contributed by atoms with Crippen molar-refractivity contribution in [2.75, 3.05) is 13.2 Å². The van der Waals surface area contributed by atoms with Crippen molar-refractivity contribution in [1.82, 2.24) is 9.55 Å². The van der Waals surface area contributed by atoms with Crippen molar-refractivity contribution in [2.24, 2.45) is 11.8 Å². The third-order valence-corrected chi connectivity index (χ3v) is 11.4. The van der Waals surface area contributed by atoms with Crippen LogP contribution >= 0.6 is 0 Å². The van der Waals surface area contributed by atoms with Gasteiger partial charge in [-0.15, -0.1) is 0 Å². The highest BCUT2D eigenvalue weighted by Gasteiger charge is 2.44. The molecular formula is C20H34N2O4Si. The first kappa shape index (κ1) is 21.9. The van der Waals surface area contributed by atoms with Crippen LogP contribution in [0.25, 0.3) is 0 Å². The molecule has 0 unspecified atom stereocenters. The molecule has 1 aromatic rings. The predicted molar refractivity (Wildman–Crippen MR) is 111 cm³/mol. The Labute approximate surface area is 162 Å². The van der Waals surface area contributed by atoms with Crippen LogP contribution < -0.4 is 11.2 Å². The molecule has 0 spiro atoms. The van der Waals surface area contributed by atoms with Crippen molar-refractivity contribution in [2.45, 2.75) is 65.2 Å². The molecule has 1 heterocycles. The van der Waals surface area contributed by atoms with Crippen molar-refractivity contribution in [3.05, 3.63) is 44.2 Å². The first-order valence-corrected chi connectivity index (χ1v) is 12.6. The summed E-state index contributed by atoms with van der Waals surface area (Å²) < 4.78 is 8.02. The van der Waals surface area contributed by atoms with E-state index in [4.69, 9.17) is 4.43 Å². The third-order valence-electron chi connectivity index (χ3n) is 6.78. The highest BCUT2D eigenvalue weighted by molar-refractivity contribution is 6.74. The molecule has 0 amide bonds. The summed E-state index contributed by atoms with van der Waals surface area (Å²) in [6, 6.07) is -0.174. The minimum absolute atomic E-state index is 0.0445. The molecule has 2 rings (SSSR count). The van der Waals surface area contributed by atoms with Crippen molar-refractivity contribution in [1.29, 1.82) is 0 Å². The SMILES string of the molecule is Cc1cn([C@@H]2C=C(CO)[C@H](CO[Si](C)(C)C(C)(C)C(C)C)C2)c(=O)[nH]c1=O. The maximum absolute atomic E-state index is 12.2. The molecule has 0 aromatic carbocycles. The fraction of sp³-hybridized carbons (Fsp3) is 0.700. The molecule has 0 saturated carbocycles. The van der Waals surface area contributed by atoms with E-state index < -0.39 is 14.0 Å². The Morgan fingerprint density at radius 2 is 2.00 bits per heavy atom. The van der Waals surface area contributed by atoms with Gasteiger partial charge >= 0.3 is 5.69 Å². The number of aryl methyl sites for hydroxylation is 1. The zero-order chi connectivity index (χ0) is 20.6. The normalized spacial score (nSPS) is 21.0. The van der Waals surface area contributed by atoms with E-state index in [2.05, 4.69) is 45.8 Å². The smallest absolute Gasteiger partial charge is 0.328 e. The zero-order valence-electron chi connectivity index (χ0n) is 17.6. The van der Waals surface area contributed by atoms with E-state index in [9.17, 15) is 14.7 Å². The summed E-state index contributed by atoms with van der Waals surface area (Å²) in [5.74, 6) is 0.597. The van der Waals surface area contributed by atoms with Gasteiger partial charge < -0.3 is 9.53 Å². The second-order valence-corrected chi connectivity index (χ2v) is 13.7. The maximum atomic E-state index is 12.2. The van der Waals surface area contributed by atoms with Gasteiger partial charge in [0, 0.05) is 24.3 Å². The second-order valence-electron chi connectivity index (χ2n) is 9.08. The van der Waals surface area contributed by atoms with Crippen LogP contribution in [-0.4, -0.2) is 36.2 Å². The molecule has 152 valence electrons. The third kappa shape index (κ3) is 4.36. The summed E-state index contributed by atoms with van der Waals surface area (Å²) in [7, 11) is -1.96. The van der Waals surface area contributed by atoms with Gasteiger partial charge in [-0.25, -0.2) is 4.79 Å². The first-order valence-electron chi connectivity index (χ1n) is 9.68. The van der Waals surface area contributed by atoms with Crippen LogP contribution in [0.3, 0.4) is 0 Å². The van der Waals surface area contributed by atoms with E-state index in [1.807, 2.05) is 6.08 Å². The van der Waals surface area contributed by atoms with Gasteiger partial charge in [0.2, 0.25) is 0 Å². The summed E-state index contributed by atoms with van der Waals surface area (Å²) in [6.45, 7) is 15.7. The lowest BCUT2D eigenvalue weighted by atomic mass is 9.99. The van der Waals surface area contributed by atoms with Crippen LogP contribution in [0.2, 0.25) is 18.1 Å². The van der Waals surface area contributed by atoms with Gasteiger partial charge in [-0.3, -0.25) is 14.3 Å². The van der Waals surface area contributed by atoms with Gasteiger partial charge in [0.05, 0.1) is 12.6 Å². The number of aliphatic hydroxyl groups is 1. The average Bonchev–Trinajstić information content (AvgIpc) is 2.99. The van der Waals surface area contributed by atoms with Crippen molar-refractivity contribution < 1.29 is 9.53 Å². The topological polar surface area (TPSA) is 84.3 Å². The summed E-state index contributed by atoms with van der Waals surface area (Å²) in [6.07, 6.45) is 4.23. The number of aliphatic hydroxyl groups excluding tert-OH is 1. The highest BCUT2D eigenvalue weighted by Crippen LogP contribution is 2.45. The molecule has 0 saturated heterocycles. The van der Waals surface area contributed by atoms with Crippen LogP contribution in [0.15, 0.2) is 27.4 Å². The van der Waals surface area contributed by atoms with E-state index >= 15 is 0 Å². The second kappa shape index (κ2) is 7.89. The zero-order valence-corrected chi connectivity index (χ0v) is 18.6. The van der Waals surface area contributed by atoms with Crippen LogP contribution in [0.5, 0.6) is 0 Å². The number of rotatable bonds is 7. The summed E-state index contributed by atoms with van der Waals surface area (Å²) in [4.78, 5) is 26.2. The van der Waals surface area contributed by atoms with Gasteiger partial charge in [0.15, 0.2) is 8.32 Å². The van der Waals surface area contributed by atoms with Gasteiger partial charge in [-0.2, -0.15) is 0 Å². The van der Waals surface area contributed by atoms with Crippen LogP contribution in [0.4, 0.5) is 0 Å². The Kier molecular flexibility index (Phi) is 6.39. The monoisotopic (exact) mass is 394 g/mol. The summed E-state index contributed by atoms with van der Waals surface area (Å²) in [5, 5.41) is 9.92. The van der Waals surface area contributed by atoms with Gasteiger partial charge in [0.25, 0.3) is 5.56 Å². The molecule has 6 nitrogen and oxygen atoms in total. The fourth-order valence-corrected chi connectivity index (χ4v) is 5.85. The first-order chi connectivity index (χ1) is 12.4. The van der Waals surface area contributed by atoms with E-state index in [0.717, 1.165) is 5.57 Å². The largest absolute Gasteiger partial charge is 0.416 e. The van der Waals surface area contributed by atoms with E-state index in [-0.39, 0.29) is 29.2 Å². The summed E-state index contributed by atoms with van der Waals surface area (Å²) >= 11 is 0. The number of aromatic nitrogens is 2. The Morgan fingerprint density at radius 1 is 1.37 bits per heavy atom. The number of nitrogens with zero attached hydrogens (tertiary/aromatic N) is 1. The number of nitrogens with one attached hydrogen (secondary N) is 1. The van der Waals surface area contributed by atoms with E-state index in [1.54, 1.807) is 17.7 Å². The molecular weight excluding hydrogens is 360 g/mol. The summed E-state index contributed by atoms with van der Waals surface area (Å²) in [5.41, 5.74) is 0.633. The molecule has 2 atom stereocenters. The Balaban J connectivity index is 2.18. The van der Waals surface area contributed by atoms with Gasteiger partial charge in [0.1, 0.15) is 0 Å². The van der Waals surface area contributed by atoms with Gasteiger partial charge in [-0.1, -0.05) is 33.8 Å². The standard InChI is InChI=1S/C20H34N2O4Si/c1-13(2)20(4,5)27(6,7)26-12-16-9-17(8-15(16)11-23)22-10-14(3)18(24)21-19(22)25/h8,10,13,16-17,23H,9,11-12H2,1-7H3,(H,21,24,25)/t16-,17+/m0/s1. The molecule has 7 heteroatoms. The molecule has 2 N–H and O–H groups in total.